The number of likely N-dealkylation sites (tertiary alicyclic amines) is 1. The van der Waals surface area contributed by atoms with Crippen LogP contribution < -0.4 is 4.74 Å². The van der Waals surface area contributed by atoms with Crippen LogP contribution in [0.2, 0.25) is 0 Å². The van der Waals surface area contributed by atoms with Crippen LogP contribution in [0.3, 0.4) is 0 Å². The van der Waals surface area contributed by atoms with Crippen LogP contribution in [-0.4, -0.2) is 58.5 Å². The van der Waals surface area contributed by atoms with Crippen LogP contribution in [0.15, 0.2) is 77.5 Å². The number of amides is 2. The monoisotopic (exact) mass is 553 g/mol. The number of carbonyl (C=O) groups excluding carboxylic acids is 2. The Morgan fingerprint density at radius 2 is 1.61 bits per heavy atom. The topological polar surface area (TPSA) is 67.9 Å². The van der Waals surface area contributed by atoms with Gasteiger partial charge in [-0.05, 0) is 81.8 Å². The van der Waals surface area contributed by atoms with Crippen molar-refractivity contribution >= 4 is 22.8 Å². The molecule has 7 nitrogen and oxygen atoms in total. The lowest BCUT2D eigenvalue weighted by Gasteiger charge is -2.44. The van der Waals surface area contributed by atoms with Gasteiger partial charge in [-0.25, -0.2) is 0 Å². The molecule has 0 N–H and O–H groups in total. The van der Waals surface area contributed by atoms with E-state index in [0.717, 1.165) is 42.5 Å². The van der Waals surface area contributed by atoms with E-state index < -0.39 is 5.41 Å². The zero-order valence-electron chi connectivity index (χ0n) is 24.1. The fourth-order valence-corrected chi connectivity index (χ4v) is 6.55. The summed E-state index contributed by atoms with van der Waals surface area (Å²) >= 11 is 0. The number of hydrogen-bond donors (Lipinski definition) is 0. The number of furan rings is 1. The highest BCUT2D eigenvalue weighted by Crippen LogP contribution is 2.41. The fourth-order valence-electron chi connectivity index (χ4n) is 6.55. The number of nitrogens with zero attached hydrogens (tertiary/aromatic N) is 3. The molecule has 2 aliphatic rings. The maximum atomic E-state index is 14.2. The quantitative estimate of drug-likeness (QED) is 0.291. The smallest absolute Gasteiger partial charge is 0.291 e. The minimum absolute atomic E-state index is 0.0699. The molecule has 0 bridgehead atoms. The van der Waals surface area contributed by atoms with Gasteiger partial charge in [0.25, 0.3) is 5.91 Å². The minimum atomic E-state index is -0.475. The molecule has 4 aromatic rings. The van der Waals surface area contributed by atoms with Gasteiger partial charge in [-0.3, -0.25) is 9.59 Å². The lowest BCUT2D eigenvalue weighted by Crippen LogP contribution is -2.53. The molecule has 2 aromatic heterocycles. The Hall–Kier alpha value is -4.00. The highest BCUT2D eigenvalue weighted by molar-refractivity contribution is 6.03. The number of benzene rings is 2. The van der Waals surface area contributed by atoms with Gasteiger partial charge in [-0.15, -0.1) is 0 Å². The van der Waals surface area contributed by atoms with Gasteiger partial charge in [0.15, 0.2) is 0 Å². The highest BCUT2D eigenvalue weighted by atomic mass is 16.5. The molecule has 1 spiro atoms. The molecule has 2 aliphatic heterocycles. The van der Waals surface area contributed by atoms with E-state index >= 15 is 0 Å². The zero-order valence-corrected chi connectivity index (χ0v) is 24.1. The molecule has 1 saturated heterocycles. The predicted octanol–water partition coefficient (Wildman–Crippen LogP) is 6.49. The molecule has 0 aliphatic carbocycles. The Morgan fingerprint density at radius 3 is 2.39 bits per heavy atom. The zero-order chi connectivity index (χ0) is 28.4. The van der Waals surface area contributed by atoms with Gasteiger partial charge in [0, 0.05) is 36.9 Å². The third-order valence-corrected chi connectivity index (χ3v) is 8.89. The largest absolute Gasteiger partial charge is 0.491 e. The normalized spacial score (nSPS) is 18.2. The summed E-state index contributed by atoms with van der Waals surface area (Å²) in [6.45, 7) is 6.23. The molecule has 41 heavy (non-hydrogen) atoms. The van der Waals surface area contributed by atoms with Crippen LogP contribution in [0.4, 0.5) is 0 Å². The van der Waals surface area contributed by atoms with Crippen LogP contribution in [-0.2, 0) is 11.2 Å². The molecule has 0 radical (unpaired) electrons. The van der Waals surface area contributed by atoms with Crippen molar-refractivity contribution in [1.29, 1.82) is 0 Å². The van der Waals surface area contributed by atoms with Crippen LogP contribution in [0.1, 0.15) is 62.1 Å². The van der Waals surface area contributed by atoms with Gasteiger partial charge in [-0.1, -0.05) is 36.8 Å². The van der Waals surface area contributed by atoms with E-state index in [1.54, 1.807) is 0 Å². The van der Waals surface area contributed by atoms with Crippen molar-refractivity contribution in [3.05, 3.63) is 84.4 Å². The summed E-state index contributed by atoms with van der Waals surface area (Å²) in [7, 11) is 0. The molecule has 1 fully saturated rings. The Balaban J connectivity index is 1.24. The molecule has 214 valence electrons. The molecule has 4 heterocycles. The SMILES string of the molecule is CC(C)N1CCOc2ccccc2CCCCC2(CCN(C(=O)c3oc4ccccc4c3-n3cccc3)CC2)C1=O. The maximum Gasteiger partial charge on any atom is 0.291 e. The van der Waals surface area contributed by atoms with Crippen molar-refractivity contribution in [3.8, 4) is 11.4 Å². The Kier molecular flexibility index (Phi) is 7.61. The van der Waals surface area contributed by atoms with E-state index in [4.69, 9.17) is 9.15 Å². The first-order valence-electron chi connectivity index (χ1n) is 14.9. The number of fused-ring (bicyclic) bond motifs is 2. The Labute approximate surface area is 241 Å². The number of aromatic nitrogens is 1. The predicted molar refractivity (Wildman–Crippen MR) is 159 cm³/mol. The molecular weight excluding hydrogens is 514 g/mol. The van der Waals surface area contributed by atoms with Crippen LogP contribution in [0, 0.1) is 5.41 Å². The maximum absolute atomic E-state index is 14.2. The van der Waals surface area contributed by atoms with Gasteiger partial charge < -0.3 is 23.5 Å². The van der Waals surface area contributed by atoms with E-state index in [2.05, 4.69) is 26.0 Å². The first-order valence-corrected chi connectivity index (χ1v) is 14.9. The second-order valence-corrected chi connectivity index (χ2v) is 11.7. The van der Waals surface area contributed by atoms with E-state index in [9.17, 15) is 9.59 Å². The van der Waals surface area contributed by atoms with Gasteiger partial charge in [0.1, 0.15) is 23.6 Å². The summed E-state index contributed by atoms with van der Waals surface area (Å²) in [6.07, 6.45) is 8.90. The van der Waals surface area contributed by atoms with E-state index in [-0.39, 0.29) is 17.9 Å². The summed E-state index contributed by atoms with van der Waals surface area (Å²) in [6, 6.07) is 20.0. The summed E-state index contributed by atoms with van der Waals surface area (Å²) in [5, 5.41) is 0.909. The van der Waals surface area contributed by atoms with Crippen molar-refractivity contribution in [2.45, 2.75) is 58.4 Å². The molecule has 2 aromatic carbocycles. The van der Waals surface area contributed by atoms with Gasteiger partial charge >= 0.3 is 0 Å². The summed E-state index contributed by atoms with van der Waals surface area (Å²) in [5.74, 6) is 1.36. The van der Waals surface area contributed by atoms with E-state index in [1.807, 2.05) is 75.3 Å². The number of hydrogen-bond acceptors (Lipinski definition) is 4. The van der Waals surface area contributed by atoms with Crippen molar-refractivity contribution in [2.24, 2.45) is 5.41 Å². The number of piperidine rings is 1. The summed E-state index contributed by atoms with van der Waals surface area (Å²) in [4.78, 5) is 32.1. The fraction of sp³-hybridized carbons (Fsp3) is 0.412. The van der Waals surface area contributed by atoms with Crippen LogP contribution in [0.5, 0.6) is 5.75 Å². The third-order valence-electron chi connectivity index (χ3n) is 8.89. The van der Waals surface area contributed by atoms with Crippen molar-refractivity contribution in [3.63, 3.8) is 0 Å². The van der Waals surface area contributed by atoms with Crippen molar-refractivity contribution < 1.29 is 18.7 Å². The number of aryl methyl sites for hydroxylation is 1. The highest BCUT2D eigenvalue weighted by Gasteiger charge is 2.45. The number of carbonyl (C=O) groups is 2. The van der Waals surface area contributed by atoms with Gasteiger partial charge in [0.05, 0.1) is 12.0 Å². The van der Waals surface area contributed by atoms with Gasteiger partial charge in [0.2, 0.25) is 11.7 Å². The second kappa shape index (κ2) is 11.5. The lowest BCUT2D eigenvalue weighted by atomic mass is 9.72. The number of ether oxygens (including phenoxy) is 1. The molecule has 6 rings (SSSR count). The molecular formula is C34H39N3O4. The standard InChI is InChI=1S/C34H39N3O4/c1-25(2)37-23-24-40-28-14-5-3-11-26(28)12-7-8-16-34(33(37)39)17-21-36(22-18-34)32(38)31-30(35-19-9-10-20-35)27-13-4-6-15-29(27)41-31/h3-6,9-11,13-15,19-20,25H,7-8,12,16-18,21-24H2,1-2H3. The second-order valence-electron chi connectivity index (χ2n) is 11.7. The van der Waals surface area contributed by atoms with E-state index in [0.29, 0.717) is 50.4 Å². The average Bonchev–Trinajstić information content (AvgIpc) is 3.65. The van der Waals surface area contributed by atoms with Crippen LogP contribution >= 0.6 is 0 Å². The lowest BCUT2D eigenvalue weighted by molar-refractivity contribution is -0.148. The Morgan fingerprint density at radius 1 is 0.878 bits per heavy atom. The number of rotatable bonds is 3. The van der Waals surface area contributed by atoms with E-state index in [1.165, 1.54) is 5.56 Å². The van der Waals surface area contributed by atoms with Gasteiger partial charge in [-0.2, -0.15) is 0 Å². The summed E-state index contributed by atoms with van der Waals surface area (Å²) < 4.78 is 14.3. The molecule has 0 unspecified atom stereocenters. The third kappa shape index (κ3) is 5.25. The van der Waals surface area contributed by atoms with Crippen molar-refractivity contribution in [1.82, 2.24) is 14.4 Å². The molecule has 7 heteroatoms. The first-order chi connectivity index (χ1) is 20.0. The van der Waals surface area contributed by atoms with Crippen LogP contribution in [0.25, 0.3) is 16.7 Å². The Bertz CT molecular complexity index is 1510. The minimum Gasteiger partial charge on any atom is -0.491 e. The summed E-state index contributed by atoms with van der Waals surface area (Å²) in [5.41, 5.74) is 2.22. The number of para-hydroxylation sites is 2. The van der Waals surface area contributed by atoms with Crippen molar-refractivity contribution in [2.75, 3.05) is 26.2 Å². The molecule has 0 saturated carbocycles. The molecule has 0 atom stereocenters. The molecule has 2 amide bonds. The average molecular weight is 554 g/mol. The first kappa shape index (κ1) is 27.2.